The van der Waals surface area contributed by atoms with Crippen LogP contribution in [0.4, 0.5) is 8.78 Å². The van der Waals surface area contributed by atoms with Gasteiger partial charge in [0.25, 0.3) is 0 Å². The maximum Gasteiger partial charge on any atom is 0.309 e. The molecule has 1 aliphatic heterocycles. The normalized spacial score (nSPS) is 23.1. The predicted molar refractivity (Wildman–Crippen MR) is 57.6 cm³/mol. The second-order valence-corrected chi connectivity index (χ2v) is 4.09. The third kappa shape index (κ3) is 2.15. The number of hydrogen-bond acceptors (Lipinski definition) is 3. The molecule has 1 heterocycles. The van der Waals surface area contributed by atoms with Crippen LogP contribution in [0.1, 0.15) is 11.5 Å². The summed E-state index contributed by atoms with van der Waals surface area (Å²) in [5.41, 5.74) is -0.249. The number of benzene rings is 1. The quantitative estimate of drug-likeness (QED) is 0.898. The van der Waals surface area contributed by atoms with Gasteiger partial charge in [-0.3, -0.25) is 4.79 Å². The number of carbonyl (C=O) groups is 1. The van der Waals surface area contributed by atoms with Crippen LogP contribution in [-0.2, 0) is 9.53 Å². The first-order valence-electron chi connectivity index (χ1n) is 5.38. The molecule has 0 aromatic heterocycles. The van der Waals surface area contributed by atoms with Crippen molar-refractivity contribution >= 4 is 5.97 Å². The third-order valence-electron chi connectivity index (χ3n) is 3.06. The molecule has 0 saturated carbocycles. The summed E-state index contributed by atoms with van der Waals surface area (Å²) in [7, 11) is 1.30. The Labute approximate surface area is 102 Å². The predicted octanol–water partition coefficient (Wildman–Crippen LogP) is 1.79. The highest BCUT2D eigenvalue weighted by Crippen LogP contribution is 2.35. The Kier molecular flexibility index (Phi) is 3.47. The Morgan fingerprint density at radius 2 is 2.00 bits per heavy atom. The van der Waals surface area contributed by atoms with Crippen molar-refractivity contribution in [2.24, 2.45) is 5.92 Å². The van der Waals surface area contributed by atoms with Crippen LogP contribution < -0.4 is 4.74 Å². The molecular formula is C12H12F2O4. The molecule has 1 aromatic carbocycles. The van der Waals surface area contributed by atoms with Crippen molar-refractivity contribution in [3.63, 3.8) is 0 Å². The summed E-state index contributed by atoms with van der Waals surface area (Å²) < 4.78 is 37.4. The second-order valence-electron chi connectivity index (χ2n) is 4.09. The summed E-state index contributed by atoms with van der Waals surface area (Å²) in [6.45, 7) is -0.0396. The van der Waals surface area contributed by atoms with Gasteiger partial charge in [-0.25, -0.2) is 8.78 Å². The highest BCUT2D eigenvalue weighted by Gasteiger charge is 2.38. The fourth-order valence-corrected chi connectivity index (χ4v) is 2.12. The van der Waals surface area contributed by atoms with Gasteiger partial charge in [0.05, 0.1) is 26.2 Å². The van der Waals surface area contributed by atoms with Gasteiger partial charge in [-0.2, -0.15) is 0 Å². The molecule has 0 radical (unpaired) electrons. The Morgan fingerprint density at radius 3 is 2.50 bits per heavy atom. The maximum atomic E-state index is 13.8. The molecular weight excluding hydrogens is 246 g/mol. The molecule has 1 aliphatic rings. The Bertz CT molecular complexity index is 452. The summed E-state index contributed by atoms with van der Waals surface area (Å²) in [6, 6.07) is 2.07. The van der Waals surface area contributed by atoms with Crippen molar-refractivity contribution in [2.45, 2.75) is 5.92 Å². The number of hydrogen-bond donors (Lipinski definition) is 1. The molecule has 1 fully saturated rings. The summed E-state index contributed by atoms with van der Waals surface area (Å²) in [4.78, 5) is 11.0. The van der Waals surface area contributed by atoms with E-state index in [9.17, 15) is 13.6 Å². The second kappa shape index (κ2) is 4.89. The van der Waals surface area contributed by atoms with Crippen molar-refractivity contribution in [1.29, 1.82) is 0 Å². The smallest absolute Gasteiger partial charge is 0.309 e. The van der Waals surface area contributed by atoms with Crippen molar-refractivity contribution in [3.05, 3.63) is 29.3 Å². The summed E-state index contributed by atoms with van der Waals surface area (Å²) in [5, 5.41) is 8.98. The highest BCUT2D eigenvalue weighted by atomic mass is 19.1. The summed E-state index contributed by atoms with van der Waals surface area (Å²) >= 11 is 0. The van der Waals surface area contributed by atoms with Gasteiger partial charge in [0.15, 0.2) is 0 Å². The third-order valence-corrected chi connectivity index (χ3v) is 3.06. The van der Waals surface area contributed by atoms with Crippen molar-refractivity contribution in [1.82, 2.24) is 0 Å². The van der Waals surface area contributed by atoms with Gasteiger partial charge in [0.1, 0.15) is 17.4 Å². The van der Waals surface area contributed by atoms with E-state index in [0.717, 1.165) is 12.1 Å². The van der Waals surface area contributed by atoms with E-state index in [1.54, 1.807) is 0 Å². The molecule has 0 amide bonds. The Morgan fingerprint density at radius 1 is 1.39 bits per heavy atom. The molecule has 0 bridgehead atoms. The lowest BCUT2D eigenvalue weighted by Crippen LogP contribution is -2.22. The first-order valence-corrected chi connectivity index (χ1v) is 5.38. The topological polar surface area (TPSA) is 55.8 Å². The summed E-state index contributed by atoms with van der Waals surface area (Å²) in [6.07, 6.45) is 0. The lowest BCUT2D eigenvalue weighted by Gasteiger charge is -2.16. The van der Waals surface area contributed by atoms with E-state index in [2.05, 4.69) is 0 Å². The monoisotopic (exact) mass is 258 g/mol. The lowest BCUT2D eigenvalue weighted by molar-refractivity contribution is -0.142. The lowest BCUT2D eigenvalue weighted by atomic mass is 9.88. The highest BCUT2D eigenvalue weighted by molar-refractivity contribution is 5.72. The van der Waals surface area contributed by atoms with Crippen LogP contribution in [0.5, 0.6) is 5.75 Å². The number of halogens is 2. The van der Waals surface area contributed by atoms with Crippen molar-refractivity contribution in [3.8, 4) is 5.75 Å². The SMILES string of the molecule is COc1cc(F)c([C@H]2COC[C@H]2C(=O)O)c(F)c1. The molecule has 1 N–H and O–H groups in total. The number of methoxy groups -OCH3 is 1. The van der Waals surface area contributed by atoms with E-state index < -0.39 is 29.4 Å². The van der Waals surface area contributed by atoms with Crippen LogP contribution in [-0.4, -0.2) is 31.4 Å². The van der Waals surface area contributed by atoms with E-state index in [0.29, 0.717) is 0 Å². The molecule has 6 heteroatoms. The first kappa shape index (κ1) is 12.8. The Hall–Kier alpha value is -1.69. The fourth-order valence-electron chi connectivity index (χ4n) is 2.12. The number of carboxylic acids is 1. The van der Waals surface area contributed by atoms with Crippen LogP contribution in [0.3, 0.4) is 0 Å². The average molecular weight is 258 g/mol. The molecule has 0 aliphatic carbocycles. The van der Waals surface area contributed by atoms with Crippen molar-refractivity contribution < 1.29 is 28.2 Å². The molecule has 4 nitrogen and oxygen atoms in total. The van der Waals surface area contributed by atoms with Gasteiger partial charge in [-0.15, -0.1) is 0 Å². The van der Waals surface area contributed by atoms with E-state index >= 15 is 0 Å². The van der Waals surface area contributed by atoms with Gasteiger partial charge in [-0.1, -0.05) is 0 Å². The van der Waals surface area contributed by atoms with Gasteiger partial charge < -0.3 is 14.6 Å². The molecule has 98 valence electrons. The molecule has 2 rings (SSSR count). The molecule has 18 heavy (non-hydrogen) atoms. The van der Waals surface area contributed by atoms with Gasteiger partial charge >= 0.3 is 5.97 Å². The van der Waals surface area contributed by atoms with Crippen molar-refractivity contribution in [2.75, 3.05) is 20.3 Å². The number of carboxylic acid groups (broad SMARTS) is 1. The standard InChI is InChI=1S/C12H12F2O4/c1-17-6-2-9(13)11(10(14)3-6)7-4-18-5-8(7)12(15)16/h2-3,7-8H,4-5H2,1H3,(H,15,16)/t7-,8+/m0/s1. The Balaban J connectivity index is 2.41. The van der Waals surface area contributed by atoms with E-state index in [-0.39, 0.29) is 24.5 Å². The number of rotatable bonds is 3. The molecule has 1 aromatic rings. The fraction of sp³-hybridized carbons (Fsp3) is 0.417. The molecule has 1 saturated heterocycles. The minimum atomic E-state index is -1.12. The summed E-state index contributed by atoms with van der Waals surface area (Å²) in [5.74, 6) is -4.43. The average Bonchev–Trinajstić information content (AvgIpc) is 2.77. The minimum Gasteiger partial charge on any atom is -0.497 e. The van der Waals surface area contributed by atoms with Gasteiger partial charge in [-0.05, 0) is 0 Å². The molecule has 0 spiro atoms. The molecule has 0 unspecified atom stereocenters. The maximum absolute atomic E-state index is 13.8. The molecule has 2 atom stereocenters. The minimum absolute atomic E-state index is 0.00284. The van der Waals surface area contributed by atoms with Crippen LogP contribution in [0.25, 0.3) is 0 Å². The zero-order chi connectivity index (χ0) is 13.3. The van der Waals surface area contributed by atoms with E-state index in [1.165, 1.54) is 7.11 Å². The zero-order valence-electron chi connectivity index (χ0n) is 9.65. The van der Waals surface area contributed by atoms with E-state index in [1.807, 2.05) is 0 Å². The number of ether oxygens (including phenoxy) is 2. The van der Waals surface area contributed by atoms with Crippen LogP contribution in [0.15, 0.2) is 12.1 Å². The first-order chi connectivity index (χ1) is 8.54. The van der Waals surface area contributed by atoms with Crippen LogP contribution in [0, 0.1) is 17.6 Å². The zero-order valence-corrected chi connectivity index (χ0v) is 9.65. The van der Waals surface area contributed by atoms with Gasteiger partial charge in [0.2, 0.25) is 0 Å². The number of aliphatic carboxylic acids is 1. The van der Waals surface area contributed by atoms with Crippen LogP contribution in [0.2, 0.25) is 0 Å². The van der Waals surface area contributed by atoms with Gasteiger partial charge in [0, 0.05) is 23.6 Å². The van der Waals surface area contributed by atoms with E-state index in [4.69, 9.17) is 14.6 Å². The van der Waals surface area contributed by atoms with Crippen LogP contribution >= 0.6 is 0 Å². The largest absolute Gasteiger partial charge is 0.497 e.